The van der Waals surface area contributed by atoms with E-state index < -0.39 is 4.92 Å². The van der Waals surface area contributed by atoms with Gasteiger partial charge in [0.2, 0.25) is 0 Å². The van der Waals surface area contributed by atoms with Gasteiger partial charge in [0.15, 0.2) is 0 Å². The number of carbonyl (C=O) groups excluding carboxylic acids is 1. The third-order valence-corrected chi connectivity index (χ3v) is 2.35. The minimum atomic E-state index is -0.505. The van der Waals surface area contributed by atoms with Crippen molar-refractivity contribution in [1.29, 1.82) is 0 Å². The first-order chi connectivity index (χ1) is 9.08. The summed E-state index contributed by atoms with van der Waals surface area (Å²) in [5.41, 5.74) is 0.248. The summed E-state index contributed by atoms with van der Waals surface area (Å²) >= 11 is 0. The molecular formula is C12H16N2O5. The highest BCUT2D eigenvalue weighted by Gasteiger charge is 2.15. The van der Waals surface area contributed by atoms with Crippen molar-refractivity contribution in [1.82, 2.24) is 0 Å². The van der Waals surface area contributed by atoms with Crippen molar-refractivity contribution in [2.24, 2.45) is 0 Å². The third kappa shape index (κ3) is 4.46. The molecule has 7 heteroatoms. The van der Waals surface area contributed by atoms with Crippen LogP contribution in [0, 0.1) is 10.1 Å². The first-order valence-corrected chi connectivity index (χ1v) is 5.80. The van der Waals surface area contributed by atoms with Crippen LogP contribution in [0.2, 0.25) is 0 Å². The maximum absolute atomic E-state index is 11.1. The van der Waals surface area contributed by atoms with Crippen LogP contribution >= 0.6 is 0 Å². The van der Waals surface area contributed by atoms with Crippen LogP contribution in [0.25, 0.3) is 0 Å². The average molecular weight is 268 g/mol. The molecule has 0 amide bonds. The standard InChI is InChI=1S/C12H16N2O5/c1-3-19-12(15)6-7-13-10-5-4-9(18-2)8-11(10)14(16)17/h4-5,8,13H,3,6-7H2,1-2H3. The van der Waals surface area contributed by atoms with E-state index in [0.29, 0.717) is 18.0 Å². The summed E-state index contributed by atoms with van der Waals surface area (Å²) in [6.45, 7) is 2.31. The number of nitrogens with zero attached hydrogens (tertiary/aromatic N) is 1. The number of benzene rings is 1. The fourth-order valence-electron chi connectivity index (χ4n) is 1.47. The number of rotatable bonds is 7. The summed E-state index contributed by atoms with van der Waals surface area (Å²) in [7, 11) is 1.44. The number of methoxy groups -OCH3 is 1. The SMILES string of the molecule is CCOC(=O)CCNc1ccc(OC)cc1[N+](=O)[O-]. The molecule has 0 aliphatic heterocycles. The molecule has 0 spiro atoms. The van der Waals surface area contributed by atoms with Gasteiger partial charge in [0.05, 0.1) is 31.1 Å². The molecule has 0 saturated carbocycles. The molecule has 0 bridgehead atoms. The molecule has 1 aromatic carbocycles. The molecule has 19 heavy (non-hydrogen) atoms. The van der Waals surface area contributed by atoms with Crippen molar-refractivity contribution in [3.63, 3.8) is 0 Å². The van der Waals surface area contributed by atoms with Crippen LogP contribution in [0.1, 0.15) is 13.3 Å². The molecule has 0 aliphatic carbocycles. The number of anilines is 1. The van der Waals surface area contributed by atoms with Gasteiger partial charge in [0.25, 0.3) is 5.69 Å². The molecule has 0 atom stereocenters. The molecule has 0 radical (unpaired) electrons. The predicted octanol–water partition coefficient (Wildman–Crippen LogP) is 1.97. The number of hydrogen-bond donors (Lipinski definition) is 1. The number of hydrogen-bond acceptors (Lipinski definition) is 6. The van der Waals surface area contributed by atoms with E-state index in [1.165, 1.54) is 13.2 Å². The van der Waals surface area contributed by atoms with Crippen LogP contribution in [-0.4, -0.2) is 31.2 Å². The van der Waals surface area contributed by atoms with E-state index in [4.69, 9.17) is 9.47 Å². The van der Waals surface area contributed by atoms with Crippen LogP contribution in [0.3, 0.4) is 0 Å². The summed E-state index contributed by atoms with van der Waals surface area (Å²) in [6.07, 6.45) is 0.150. The van der Waals surface area contributed by atoms with Gasteiger partial charge >= 0.3 is 5.97 Å². The van der Waals surface area contributed by atoms with Gasteiger partial charge in [0.1, 0.15) is 11.4 Å². The van der Waals surface area contributed by atoms with Crippen molar-refractivity contribution in [2.75, 3.05) is 25.6 Å². The number of ether oxygens (including phenoxy) is 2. The maximum atomic E-state index is 11.1. The number of esters is 1. The minimum absolute atomic E-state index is 0.0943. The second kappa shape index (κ2) is 7.20. The Labute approximate surface area is 110 Å². The van der Waals surface area contributed by atoms with Gasteiger partial charge in [-0.1, -0.05) is 0 Å². The number of nitro groups is 1. The van der Waals surface area contributed by atoms with Crippen LogP contribution in [0.4, 0.5) is 11.4 Å². The Hall–Kier alpha value is -2.31. The highest BCUT2D eigenvalue weighted by molar-refractivity contribution is 5.71. The lowest BCUT2D eigenvalue weighted by atomic mass is 10.2. The highest BCUT2D eigenvalue weighted by Crippen LogP contribution is 2.28. The molecule has 0 aromatic heterocycles. The van der Waals surface area contributed by atoms with Crippen molar-refractivity contribution >= 4 is 17.3 Å². The van der Waals surface area contributed by atoms with E-state index >= 15 is 0 Å². The Morgan fingerprint density at radius 1 is 1.47 bits per heavy atom. The average Bonchev–Trinajstić information content (AvgIpc) is 2.39. The largest absolute Gasteiger partial charge is 0.496 e. The topological polar surface area (TPSA) is 90.7 Å². The Morgan fingerprint density at radius 2 is 2.21 bits per heavy atom. The summed E-state index contributed by atoms with van der Waals surface area (Å²) in [6, 6.07) is 4.48. The van der Waals surface area contributed by atoms with Gasteiger partial charge in [-0.25, -0.2) is 0 Å². The number of nitrogens with one attached hydrogen (secondary N) is 1. The lowest BCUT2D eigenvalue weighted by Gasteiger charge is -2.08. The highest BCUT2D eigenvalue weighted by atomic mass is 16.6. The molecule has 1 N–H and O–H groups in total. The van der Waals surface area contributed by atoms with Gasteiger partial charge in [-0.05, 0) is 19.1 Å². The van der Waals surface area contributed by atoms with Crippen LogP contribution < -0.4 is 10.1 Å². The van der Waals surface area contributed by atoms with Crippen LogP contribution in [0.15, 0.2) is 18.2 Å². The lowest BCUT2D eigenvalue weighted by molar-refractivity contribution is -0.384. The quantitative estimate of drug-likeness (QED) is 0.462. The van der Waals surface area contributed by atoms with E-state index in [1.807, 2.05) is 0 Å². The first kappa shape index (κ1) is 14.7. The molecule has 1 rings (SSSR count). The van der Waals surface area contributed by atoms with Gasteiger partial charge in [-0.2, -0.15) is 0 Å². The molecule has 0 heterocycles. The lowest BCUT2D eigenvalue weighted by Crippen LogP contribution is -2.12. The van der Waals surface area contributed by atoms with Crippen LogP contribution in [-0.2, 0) is 9.53 Å². The van der Waals surface area contributed by atoms with Gasteiger partial charge in [0, 0.05) is 6.54 Å². The molecule has 0 aliphatic rings. The van der Waals surface area contributed by atoms with E-state index in [0.717, 1.165) is 0 Å². The zero-order valence-electron chi connectivity index (χ0n) is 10.8. The Balaban J connectivity index is 2.67. The van der Waals surface area contributed by atoms with Crippen molar-refractivity contribution < 1.29 is 19.2 Å². The molecule has 0 unspecified atom stereocenters. The third-order valence-electron chi connectivity index (χ3n) is 2.35. The molecule has 1 aromatic rings. The summed E-state index contributed by atoms with van der Waals surface area (Å²) in [4.78, 5) is 21.5. The smallest absolute Gasteiger partial charge is 0.307 e. The van der Waals surface area contributed by atoms with Gasteiger partial charge < -0.3 is 14.8 Å². The van der Waals surface area contributed by atoms with Gasteiger partial charge in [-0.3, -0.25) is 14.9 Å². The maximum Gasteiger partial charge on any atom is 0.307 e. The summed E-state index contributed by atoms with van der Waals surface area (Å²) < 4.78 is 9.69. The zero-order chi connectivity index (χ0) is 14.3. The summed E-state index contributed by atoms with van der Waals surface area (Å²) in [5, 5.41) is 13.7. The zero-order valence-corrected chi connectivity index (χ0v) is 10.8. The molecule has 104 valence electrons. The van der Waals surface area contributed by atoms with E-state index in [-0.39, 0.29) is 24.6 Å². The van der Waals surface area contributed by atoms with Gasteiger partial charge in [-0.15, -0.1) is 0 Å². The fourth-order valence-corrected chi connectivity index (χ4v) is 1.47. The minimum Gasteiger partial charge on any atom is -0.496 e. The normalized spacial score (nSPS) is 9.79. The molecule has 0 saturated heterocycles. The second-order valence-corrected chi connectivity index (χ2v) is 3.62. The van der Waals surface area contributed by atoms with Crippen molar-refractivity contribution in [2.45, 2.75) is 13.3 Å². The number of nitro benzene ring substituents is 1. The monoisotopic (exact) mass is 268 g/mol. The molecule has 7 nitrogen and oxygen atoms in total. The second-order valence-electron chi connectivity index (χ2n) is 3.62. The first-order valence-electron chi connectivity index (χ1n) is 5.80. The Bertz CT molecular complexity index is 461. The molecule has 0 fully saturated rings. The Morgan fingerprint density at radius 3 is 2.79 bits per heavy atom. The van der Waals surface area contributed by atoms with E-state index in [9.17, 15) is 14.9 Å². The van der Waals surface area contributed by atoms with E-state index in [2.05, 4.69) is 5.32 Å². The van der Waals surface area contributed by atoms with Crippen molar-refractivity contribution in [3.05, 3.63) is 28.3 Å². The Kier molecular flexibility index (Phi) is 5.59. The van der Waals surface area contributed by atoms with E-state index in [1.54, 1.807) is 19.1 Å². The molecular weight excluding hydrogens is 252 g/mol. The fraction of sp³-hybridized carbons (Fsp3) is 0.417. The predicted molar refractivity (Wildman–Crippen MR) is 69.4 cm³/mol. The van der Waals surface area contributed by atoms with Crippen LogP contribution in [0.5, 0.6) is 5.75 Å². The van der Waals surface area contributed by atoms with Crippen molar-refractivity contribution in [3.8, 4) is 5.75 Å². The summed E-state index contributed by atoms with van der Waals surface area (Å²) in [5.74, 6) is 0.0637. The number of carbonyl (C=O) groups is 1.